The fourth-order valence-corrected chi connectivity index (χ4v) is 4.37. The van der Waals surface area contributed by atoms with Crippen LogP contribution in [-0.4, -0.2) is 20.3 Å². The molecule has 9 heteroatoms. The molecule has 4 rings (SSSR count). The Morgan fingerprint density at radius 2 is 1.91 bits per heavy atom. The lowest BCUT2D eigenvalue weighted by atomic mass is 10.0. The van der Waals surface area contributed by atoms with E-state index in [-0.39, 0.29) is 29.3 Å². The first kappa shape index (κ1) is 23.6. The Morgan fingerprint density at radius 1 is 1.15 bits per heavy atom. The van der Waals surface area contributed by atoms with E-state index in [4.69, 9.17) is 11.6 Å². The average molecular weight is 485 g/mol. The molecule has 1 N–H and O–H groups in total. The first-order chi connectivity index (χ1) is 16.2. The summed E-state index contributed by atoms with van der Waals surface area (Å²) in [7, 11) is 0. The normalized spacial score (nSPS) is 11.2. The monoisotopic (exact) mass is 484 g/mol. The van der Waals surface area contributed by atoms with Crippen LogP contribution in [0, 0.1) is 25.5 Å². The molecule has 0 spiro atoms. The van der Waals surface area contributed by atoms with E-state index < -0.39 is 11.6 Å². The fraction of sp³-hybridized carbons (Fsp3) is 0.240. The van der Waals surface area contributed by atoms with Crippen molar-refractivity contribution in [2.75, 3.05) is 5.32 Å². The summed E-state index contributed by atoms with van der Waals surface area (Å²) >= 11 is 5.77. The molecule has 2 heterocycles. The lowest BCUT2D eigenvalue weighted by molar-refractivity contribution is -0.116. The lowest BCUT2D eigenvalue weighted by Gasteiger charge is -2.14. The van der Waals surface area contributed by atoms with Crippen molar-refractivity contribution in [3.05, 3.63) is 86.3 Å². The Hall–Kier alpha value is -3.52. The molecule has 0 aliphatic carbocycles. The number of pyridine rings is 1. The molecule has 0 saturated carbocycles. The summed E-state index contributed by atoms with van der Waals surface area (Å²) < 4.78 is 30.4. The molecule has 0 radical (unpaired) electrons. The van der Waals surface area contributed by atoms with Gasteiger partial charge in [-0.15, -0.1) is 0 Å². The lowest BCUT2D eigenvalue weighted by Crippen LogP contribution is -2.27. The maximum Gasteiger partial charge on any atom is 0.255 e. The molecule has 0 bridgehead atoms. The molecule has 4 aromatic rings. The molecule has 0 fully saturated rings. The predicted octanol–water partition coefficient (Wildman–Crippen LogP) is 5.33. The van der Waals surface area contributed by atoms with Gasteiger partial charge in [0.25, 0.3) is 5.56 Å². The number of amides is 1. The third-order valence-electron chi connectivity index (χ3n) is 5.80. The maximum atomic E-state index is 13.9. The van der Waals surface area contributed by atoms with Gasteiger partial charge in [-0.3, -0.25) is 14.2 Å². The highest BCUT2D eigenvalue weighted by Crippen LogP contribution is 2.27. The number of halogens is 3. The number of carbonyl (C=O) groups is 1. The second kappa shape index (κ2) is 9.38. The van der Waals surface area contributed by atoms with Crippen molar-refractivity contribution in [3.8, 4) is 5.69 Å². The van der Waals surface area contributed by atoms with Crippen molar-refractivity contribution in [2.45, 2.75) is 40.2 Å². The van der Waals surface area contributed by atoms with E-state index in [1.165, 1.54) is 30.3 Å². The number of nitrogens with one attached hydrogen (secondary N) is 1. The van der Waals surface area contributed by atoms with Crippen molar-refractivity contribution < 1.29 is 13.6 Å². The minimum atomic E-state index is -0.571. The molecule has 2 aromatic carbocycles. The number of hydrogen-bond acceptors (Lipinski definition) is 3. The van der Waals surface area contributed by atoms with E-state index in [2.05, 4.69) is 10.4 Å². The summed E-state index contributed by atoms with van der Waals surface area (Å²) in [6.07, 6.45) is 0.267. The highest BCUT2D eigenvalue weighted by atomic mass is 35.5. The third-order valence-corrected chi connectivity index (χ3v) is 6.09. The Balaban J connectivity index is 1.70. The molecule has 176 valence electrons. The van der Waals surface area contributed by atoms with Crippen LogP contribution in [0.5, 0.6) is 0 Å². The van der Waals surface area contributed by atoms with Gasteiger partial charge in [0.05, 0.1) is 16.4 Å². The summed E-state index contributed by atoms with van der Waals surface area (Å²) in [4.78, 5) is 25.9. The topological polar surface area (TPSA) is 68.9 Å². The van der Waals surface area contributed by atoms with Gasteiger partial charge in [-0.2, -0.15) is 5.10 Å². The van der Waals surface area contributed by atoms with Crippen LogP contribution in [0.25, 0.3) is 16.7 Å². The third kappa shape index (κ3) is 4.33. The van der Waals surface area contributed by atoms with Crippen LogP contribution in [0.3, 0.4) is 0 Å². The van der Waals surface area contributed by atoms with Gasteiger partial charge in [-0.05, 0) is 69.2 Å². The molecule has 34 heavy (non-hydrogen) atoms. The van der Waals surface area contributed by atoms with Crippen LogP contribution in [0.2, 0.25) is 5.02 Å². The van der Waals surface area contributed by atoms with Crippen LogP contribution in [0.4, 0.5) is 14.5 Å². The average Bonchev–Trinajstić information content (AvgIpc) is 3.13. The molecular weight excluding hydrogens is 462 g/mol. The minimum absolute atomic E-state index is 0.0530. The largest absolute Gasteiger partial charge is 0.326 e. The second-order valence-corrected chi connectivity index (χ2v) is 8.41. The van der Waals surface area contributed by atoms with Gasteiger partial charge < -0.3 is 5.32 Å². The molecule has 0 aliphatic heterocycles. The maximum absolute atomic E-state index is 13.9. The van der Waals surface area contributed by atoms with Gasteiger partial charge in [0.15, 0.2) is 0 Å². The predicted molar refractivity (Wildman–Crippen MR) is 129 cm³/mol. The molecule has 0 unspecified atom stereocenters. The van der Waals surface area contributed by atoms with Crippen LogP contribution in [-0.2, 0) is 17.8 Å². The van der Waals surface area contributed by atoms with E-state index in [9.17, 15) is 18.4 Å². The molecule has 0 saturated heterocycles. The van der Waals surface area contributed by atoms with Crippen molar-refractivity contribution in [3.63, 3.8) is 0 Å². The zero-order valence-electron chi connectivity index (χ0n) is 19.0. The zero-order valence-corrected chi connectivity index (χ0v) is 19.7. The second-order valence-electron chi connectivity index (χ2n) is 8.01. The number of aryl methyl sites for hydroxylation is 3. The summed E-state index contributed by atoms with van der Waals surface area (Å²) in [6.45, 7) is 5.90. The van der Waals surface area contributed by atoms with E-state index in [0.29, 0.717) is 34.8 Å². The van der Waals surface area contributed by atoms with Crippen LogP contribution >= 0.6 is 11.6 Å². The zero-order chi connectivity index (χ0) is 24.6. The number of carbonyl (C=O) groups excluding carboxylic acids is 1. The number of benzene rings is 2. The Bertz CT molecular complexity index is 1480. The molecule has 0 aliphatic rings. The summed E-state index contributed by atoms with van der Waals surface area (Å²) in [5.74, 6) is -1.29. The van der Waals surface area contributed by atoms with Crippen LogP contribution in [0.1, 0.15) is 30.2 Å². The Morgan fingerprint density at radius 3 is 2.59 bits per heavy atom. The summed E-state index contributed by atoms with van der Waals surface area (Å²) in [5.41, 5.74) is 3.22. The SMILES string of the molecule is CCn1c(=O)c(CCC(=O)Nc2ccc(F)c(Cl)c2)c(C)c2c(C)nn(-c3cccc(F)c3)c21. The molecule has 6 nitrogen and oxygen atoms in total. The molecule has 0 atom stereocenters. The quantitative estimate of drug-likeness (QED) is 0.402. The van der Waals surface area contributed by atoms with Gasteiger partial charge in [-0.1, -0.05) is 17.7 Å². The highest BCUT2D eigenvalue weighted by Gasteiger charge is 2.21. The van der Waals surface area contributed by atoms with Crippen molar-refractivity contribution >= 4 is 34.2 Å². The number of fused-ring (bicyclic) bond motifs is 1. The minimum Gasteiger partial charge on any atom is -0.326 e. The summed E-state index contributed by atoms with van der Waals surface area (Å²) in [6, 6.07) is 9.97. The van der Waals surface area contributed by atoms with Gasteiger partial charge in [-0.25, -0.2) is 13.5 Å². The van der Waals surface area contributed by atoms with E-state index in [0.717, 1.165) is 10.9 Å². The molecule has 2 aromatic heterocycles. The van der Waals surface area contributed by atoms with E-state index in [1.54, 1.807) is 21.4 Å². The van der Waals surface area contributed by atoms with Crippen LogP contribution < -0.4 is 10.9 Å². The number of rotatable bonds is 6. The fourth-order valence-electron chi connectivity index (χ4n) is 4.19. The number of aromatic nitrogens is 3. The molecular formula is C25H23ClF2N4O2. The van der Waals surface area contributed by atoms with Gasteiger partial charge >= 0.3 is 0 Å². The van der Waals surface area contributed by atoms with E-state index in [1.807, 2.05) is 20.8 Å². The Kier molecular flexibility index (Phi) is 6.52. The van der Waals surface area contributed by atoms with Crippen molar-refractivity contribution in [1.29, 1.82) is 0 Å². The van der Waals surface area contributed by atoms with Crippen molar-refractivity contribution in [2.24, 2.45) is 0 Å². The number of hydrogen-bond donors (Lipinski definition) is 1. The van der Waals surface area contributed by atoms with E-state index >= 15 is 0 Å². The van der Waals surface area contributed by atoms with Crippen molar-refractivity contribution in [1.82, 2.24) is 14.3 Å². The number of anilines is 1. The van der Waals surface area contributed by atoms with Gasteiger partial charge in [0, 0.05) is 29.6 Å². The van der Waals surface area contributed by atoms with Gasteiger partial charge in [0.2, 0.25) is 5.91 Å². The number of nitrogens with zero attached hydrogens (tertiary/aromatic N) is 3. The first-order valence-electron chi connectivity index (χ1n) is 10.8. The van der Waals surface area contributed by atoms with Crippen LogP contribution in [0.15, 0.2) is 47.3 Å². The summed E-state index contributed by atoms with van der Waals surface area (Å²) in [5, 5.41) is 7.97. The highest BCUT2D eigenvalue weighted by molar-refractivity contribution is 6.31. The molecule has 1 amide bonds. The van der Waals surface area contributed by atoms with Gasteiger partial charge in [0.1, 0.15) is 17.3 Å². The standard InChI is InChI=1S/C25H23ClF2N4O2/c1-4-31-24-23(15(3)30-32(24)18-7-5-6-16(27)12-18)14(2)19(25(31)34)9-11-22(33)29-17-8-10-21(28)20(26)13-17/h5-8,10,12-13H,4,9,11H2,1-3H3,(H,29,33). The smallest absolute Gasteiger partial charge is 0.255 e. The first-order valence-corrected chi connectivity index (χ1v) is 11.2. The Labute approximate surface area is 199 Å².